The average molecular weight is 671 g/mol. The monoisotopic (exact) mass is 670 g/mol. The average Bonchev–Trinajstić information content (AvgIpc) is 3.15. The Balaban J connectivity index is 1.42. The first kappa shape index (κ1) is 33.3. The number of aryl methyl sites for hydroxylation is 1. The van der Waals surface area contributed by atoms with Crippen LogP contribution in [0.15, 0.2) is 48.6 Å². The number of ether oxygens (including phenoxy) is 3. The Hall–Kier alpha value is -2.59. The van der Waals surface area contributed by atoms with Gasteiger partial charge in [0.05, 0.1) is 36.9 Å². The van der Waals surface area contributed by atoms with Gasteiger partial charge in [0.25, 0.3) is 5.91 Å². The fourth-order valence-electron chi connectivity index (χ4n) is 8.15. The summed E-state index contributed by atoms with van der Waals surface area (Å²) in [5.74, 6) is 0.606. The van der Waals surface area contributed by atoms with Crippen molar-refractivity contribution in [2.24, 2.45) is 17.8 Å². The van der Waals surface area contributed by atoms with E-state index >= 15 is 0 Å². The zero-order chi connectivity index (χ0) is 32.5. The van der Waals surface area contributed by atoms with Crippen LogP contribution >= 0.6 is 11.6 Å². The molecule has 0 saturated heterocycles. The highest BCUT2D eigenvalue weighted by Gasteiger charge is 2.44. The topological polar surface area (TPSA) is 94.2 Å². The van der Waals surface area contributed by atoms with Gasteiger partial charge in [0.15, 0.2) is 0 Å². The van der Waals surface area contributed by atoms with Gasteiger partial charge in [-0.2, -0.15) is 0 Å². The summed E-state index contributed by atoms with van der Waals surface area (Å²) in [6.45, 7) is 6.81. The molecule has 10 heteroatoms. The van der Waals surface area contributed by atoms with Gasteiger partial charge in [0.2, 0.25) is 10.0 Å². The lowest BCUT2D eigenvalue weighted by atomic mass is 9.68. The van der Waals surface area contributed by atoms with Gasteiger partial charge in [0.1, 0.15) is 5.75 Å². The summed E-state index contributed by atoms with van der Waals surface area (Å²) in [5.41, 5.74) is 3.44. The van der Waals surface area contributed by atoms with E-state index in [2.05, 4.69) is 33.9 Å². The molecule has 2 heterocycles. The van der Waals surface area contributed by atoms with E-state index in [1.807, 2.05) is 32.0 Å². The number of benzene rings is 2. The van der Waals surface area contributed by atoms with Crippen LogP contribution in [0.3, 0.4) is 0 Å². The van der Waals surface area contributed by atoms with E-state index in [0.29, 0.717) is 55.8 Å². The Morgan fingerprint density at radius 3 is 2.76 bits per heavy atom. The summed E-state index contributed by atoms with van der Waals surface area (Å²) in [6, 6.07) is 11.6. The molecule has 46 heavy (non-hydrogen) atoms. The van der Waals surface area contributed by atoms with Crippen LogP contribution in [-0.4, -0.2) is 65.7 Å². The smallest absolute Gasteiger partial charge is 0.264 e. The lowest BCUT2D eigenvalue weighted by Gasteiger charge is -2.46. The van der Waals surface area contributed by atoms with Crippen molar-refractivity contribution in [3.05, 3.63) is 70.3 Å². The molecule has 2 aromatic carbocycles. The van der Waals surface area contributed by atoms with Crippen LogP contribution in [0.4, 0.5) is 5.69 Å². The second-order valence-corrected chi connectivity index (χ2v) is 16.0. The molecule has 2 aliphatic carbocycles. The zero-order valence-corrected chi connectivity index (χ0v) is 28.7. The van der Waals surface area contributed by atoms with Gasteiger partial charge in [-0.05, 0) is 104 Å². The van der Waals surface area contributed by atoms with Crippen LogP contribution in [-0.2, 0) is 31.3 Å². The van der Waals surface area contributed by atoms with Crippen molar-refractivity contribution < 1.29 is 27.4 Å². The third-order valence-corrected chi connectivity index (χ3v) is 13.1. The Morgan fingerprint density at radius 2 is 2.00 bits per heavy atom. The van der Waals surface area contributed by atoms with Crippen LogP contribution in [0.25, 0.3) is 0 Å². The first-order valence-corrected chi connectivity index (χ1v) is 18.7. The number of nitrogens with one attached hydrogen (secondary N) is 1. The maximum absolute atomic E-state index is 13.5. The molecule has 1 fully saturated rings. The van der Waals surface area contributed by atoms with Gasteiger partial charge in [-0.3, -0.25) is 4.79 Å². The first-order chi connectivity index (χ1) is 22.1. The molecule has 1 amide bonds. The van der Waals surface area contributed by atoms with Crippen molar-refractivity contribution in [2.75, 3.05) is 44.9 Å². The summed E-state index contributed by atoms with van der Waals surface area (Å²) in [4.78, 5) is 15.9. The predicted molar refractivity (Wildman–Crippen MR) is 181 cm³/mol. The van der Waals surface area contributed by atoms with E-state index in [-0.39, 0.29) is 17.4 Å². The molecule has 0 radical (unpaired) electrons. The van der Waals surface area contributed by atoms with E-state index in [4.69, 9.17) is 25.8 Å². The number of hydrogen-bond donors (Lipinski definition) is 1. The van der Waals surface area contributed by atoms with Gasteiger partial charge in [-0.15, -0.1) is 0 Å². The third kappa shape index (κ3) is 6.71. The van der Waals surface area contributed by atoms with Crippen molar-refractivity contribution in [3.63, 3.8) is 0 Å². The molecular formula is C36H47ClN2O6S. The minimum Gasteiger partial charge on any atom is -0.490 e. The summed E-state index contributed by atoms with van der Waals surface area (Å²) < 4.78 is 47.8. The Kier molecular flexibility index (Phi) is 10.0. The number of hydrogen-bond acceptors (Lipinski definition) is 7. The van der Waals surface area contributed by atoms with E-state index in [0.717, 1.165) is 55.9 Å². The largest absolute Gasteiger partial charge is 0.490 e. The predicted octanol–water partition coefficient (Wildman–Crippen LogP) is 6.31. The van der Waals surface area contributed by atoms with Crippen molar-refractivity contribution in [2.45, 2.75) is 75.6 Å². The van der Waals surface area contributed by atoms with E-state index in [1.165, 1.54) is 11.1 Å². The minimum atomic E-state index is -3.93. The molecule has 250 valence electrons. The fraction of sp³-hybridized carbons (Fsp3) is 0.583. The van der Waals surface area contributed by atoms with Crippen LogP contribution in [0.1, 0.15) is 73.9 Å². The zero-order valence-electron chi connectivity index (χ0n) is 27.2. The normalized spacial score (nSPS) is 31.4. The number of carbonyl (C=O) groups is 1. The highest BCUT2D eigenvalue weighted by molar-refractivity contribution is 7.90. The van der Waals surface area contributed by atoms with E-state index in [1.54, 1.807) is 13.2 Å². The molecule has 1 saturated carbocycles. The number of anilines is 1. The van der Waals surface area contributed by atoms with Gasteiger partial charge in [0, 0.05) is 36.2 Å². The summed E-state index contributed by atoms with van der Waals surface area (Å²) in [6.07, 6.45) is 10.2. The summed E-state index contributed by atoms with van der Waals surface area (Å²) in [7, 11) is -2.25. The van der Waals surface area contributed by atoms with Gasteiger partial charge in [-0.25, -0.2) is 13.1 Å². The lowest BCUT2D eigenvalue weighted by molar-refractivity contribution is -0.0309. The second kappa shape index (κ2) is 13.9. The van der Waals surface area contributed by atoms with Gasteiger partial charge >= 0.3 is 0 Å². The van der Waals surface area contributed by atoms with Crippen molar-refractivity contribution in [1.29, 1.82) is 0 Å². The first-order valence-electron chi connectivity index (χ1n) is 16.8. The number of rotatable bonds is 5. The number of carbonyl (C=O) groups excluding carboxylic acids is 1. The molecule has 2 aromatic rings. The fourth-order valence-corrected chi connectivity index (χ4v) is 10.0. The highest BCUT2D eigenvalue weighted by Crippen LogP contribution is 2.47. The third-order valence-electron chi connectivity index (χ3n) is 10.8. The summed E-state index contributed by atoms with van der Waals surface area (Å²) in [5, 5.41) is 0.0348. The SMILES string of the molecule is CC[C@@H]1[C@@H](C)C/C=C/[C@H](OCCOC)[C@@H]2CC[C@H]2CN2CC3(CCCc4cc(Cl)ccc43)COc3ccc(cc32)C(=O)NS1(=O)=O. The molecular weight excluding hydrogens is 624 g/mol. The molecule has 1 unspecified atom stereocenters. The maximum atomic E-state index is 13.5. The number of nitrogens with zero attached hydrogens (tertiary/aromatic N) is 1. The van der Waals surface area contributed by atoms with Crippen LogP contribution in [0.2, 0.25) is 5.02 Å². The molecule has 6 rings (SSSR count). The number of amides is 1. The molecule has 0 aromatic heterocycles. The lowest BCUT2D eigenvalue weighted by Crippen LogP contribution is -2.49. The van der Waals surface area contributed by atoms with Crippen LogP contribution in [0.5, 0.6) is 5.75 Å². The Morgan fingerprint density at radius 1 is 1.15 bits per heavy atom. The molecule has 8 nitrogen and oxygen atoms in total. The highest BCUT2D eigenvalue weighted by atomic mass is 35.5. The number of halogens is 1. The molecule has 1 N–H and O–H groups in total. The van der Waals surface area contributed by atoms with Gasteiger partial charge < -0.3 is 19.1 Å². The van der Waals surface area contributed by atoms with Gasteiger partial charge in [-0.1, -0.05) is 43.7 Å². The summed E-state index contributed by atoms with van der Waals surface area (Å²) >= 11 is 6.44. The van der Waals surface area contributed by atoms with Crippen molar-refractivity contribution >= 4 is 33.2 Å². The molecule has 2 bridgehead atoms. The molecule has 1 spiro atoms. The van der Waals surface area contributed by atoms with E-state index in [9.17, 15) is 13.2 Å². The second-order valence-electron chi connectivity index (χ2n) is 13.7. The molecule has 6 atom stereocenters. The Bertz CT molecular complexity index is 1560. The van der Waals surface area contributed by atoms with Crippen molar-refractivity contribution in [3.8, 4) is 5.75 Å². The maximum Gasteiger partial charge on any atom is 0.264 e. The molecule has 4 aliphatic rings. The number of sulfonamides is 1. The van der Waals surface area contributed by atoms with Crippen molar-refractivity contribution in [1.82, 2.24) is 4.72 Å². The minimum absolute atomic E-state index is 0.0917. The molecule has 2 aliphatic heterocycles. The number of fused-ring (bicyclic) bond motifs is 4. The number of allylic oxidation sites excluding steroid dienone is 1. The van der Waals surface area contributed by atoms with Crippen LogP contribution in [0, 0.1) is 17.8 Å². The number of methoxy groups -OCH3 is 1. The van der Waals surface area contributed by atoms with Crippen LogP contribution < -0.4 is 14.4 Å². The standard InChI is InChI=1S/C36H47ClN2O6S/c1-4-34-24(2)7-5-9-32(44-18-17-43-3)29-13-10-27(29)21-39-22-36(16-6-8-25-19-28(37)12-14-30(25)36)23-45-33-15-11-26(20-31(33)39)35(40)38-46(34,41)42/h5,9,11-12,14-15,19-20,24,27,29,32,34H,4,6-8,10,13,16-18,21-23H2,1-3H3,(H,38,40)/b9-5+/t24-,27-,29+,32-,34+,36?/m0/s1. The van der Waals surface area contributed by atoms with E-state index < -0.39 is 21.2 Å². The quantitative estimate of drug-likeness (QED) is 0.295. The Labute approximate surface area is 278 Å².